The van der Waals surface area contributed by atoms with Gasteiger partial charge >= 0.3 is 0 Å². The van der Waals surface area contributed by atoms with Crippen molar-refractivity contribution in [2.75, 3.05) is 18.8 Å². The van der Waals surface area contributed by atoms with E-state index < -0.39 is 28.0 Å². The fraction of sp³-hybridized carbons (Fsp3) is 0.462. The summed E-state index contributed by atoms with van der Waals surface area (Å²) in [5.41, 5.74) is 0.0793. The van der Waals surface area contributed by atoms with Crippen molar-refractivity contribution in [1.29, 1.82) is 0 Å². The number of aliphatic hydroxyl groups is 2. The summed E-state index contributed by atoms with van der Waals surface area (Å²) >= 11 is 0. The molecule has 1 aliphatic heterocycles. The molecule has 0 aliphatic carbocycles. The van der Waals surface area contributed by atoms with Gasteiger partial charge in [0.2, 0.25) is 0 Å². The van der Waals surface area contributed by atoms with Gasteiger partial charge in [0.25, 0.3) is 5.91 Å². The van der Waals surface area contributed by atoms with E-state index in [0.29, 0.717) is 0 Å². The van der Waals surface area contributed by atoms with Crippen molar-refractivity contribution in [2.24, 2.45) is 0 Å². The van der Waals surface area contributed by atoms with Crippen LogP contribution in [-0.4, -0.2) is 60.5 Å². The quantitative estimate of drug-likeness (QED) is 0.796. The molecule has 7 heteroatoms. The average Bonchev–Trinajstić information content (AvgIpc) is 2.78. The van der Waals surface area contributed by atoms with Gasteiger partial charge in [0.1, 0.15) is 0 Å². The molecule has 0 radical (unpaired) electrons. The zero-order chi connectivity index (χ0) is 14.9. The smallest absolute Gasteiger partial charge is 0.255 e. The van der Waals surface area contributed by atoms with Crippen molar-refractivity contribution >= 4 is 15.7 Å². The van der Waals surface area contributed by atoms with Crippen LogP contribution in [-0.2, 0) is 9.84 Å². The Bertz CT molecular complexity index is 603. The molecule has 20 heavy (non-hydrogen) atoms. The highest BCUT2D eigenvalue weighted by atomic mass is 32.2. The molecule has 6 nitrogen and oxygen atoms in total. The number of amides is 1. The van der Waals surface area contributed by atoms with Gasteiger partial charge < -0.3 is 15.1 Å². The number of carbonyl (C=O) groups excluding carboxylic acids is 1. The Morgan fingerprint density at radius 3 is 2.35 bits per heavy atom. The van der Waals surface area contributed by atoms with Gasteiger partial charge in [0.15, 0.2) is 9.84 Å². The molecule has 1 aliphatic rings. The standard InChI is InChI=1S/C13H17NO5S/c1-2-20(18,19)12-6-4-3-5-9(12)13(17)14-7-10(15)11(16)8-14/h3-6,10-11,15-16H,2,7-8H2,1H3/t10-,11+. The zero-order valence-electron chi connectivity index (χ0n) is 11.1. The van der Waals surface area contributed by atoms with Crippen molar-refractivity contribution in [3.8, 4) is 0 Å². The van der Waals surface area contributed by atoms with E-state index in [1.165, 1.54) is 24.0 Å². The molecule has 1 aromatic rings. The third-order valence-corrected chi connectivity index (χ3v) is 5.17. The lowest BCUT2D eigenvalue weighted by molar-refractivity contribution is 0.0572. The van der Waals surface area contributed by atoms with E-state index in [0.717, 1.165) is 0 Å². The van der Waals surface area contributed by atoms with Crippen LogP contribution in [0.4, 0.5) is 0 Å². The van der Waals surface area contributed by atoms with Crippen molar-refractivity contribution in [2.45, 2.75) is 24.0 Å². The van der Waals surface area contributed by atoms with Crippen LogP contribution >= 0.6 is 0 Å². The van der Waals surface area contributed by atoms with Gasteiger partial charge in [0.05, 0.1) is 28.4 Å². The van der Waals surface area contributed by atoms with Crippen molar-refractivity contribution in [1.82, 2.24) is 4.90 Å². The average molecular weight is 299 g/mol. The Morgan fingerprint density at radius 2 is 1.80 bits per heavy atom. The zero-order valence-corrected chi connectivity index (χ0v) is 11.9. The van der Waals surface area contributed by atoms with E-state index in [-0.39, 0.29) is 29.3 Å². The number of carbonyl (C=O) groups is 1. The van der Waals surface area contributed by atoms with Gasteiger partial charge in [-0.2, -0.15) is 0 Å². The van der Waals surface area contributed by atoms with Crippen LogP contribution in [0.1, 0.15) is 17.3 Å². The highest BCUT2D eigenvalue weighted by Gasteiger charge is 2.34. The summed E-state index contributed by atoms with van der Waals surface area (Å²) in [6.45, 7) is 1.51. The second kappa shape index (κ2) is 5.51. The fourth-order valence-corrected chi connectivity index (χ4v) is 3.26. The fourth-order valence-electron chi connectivity index (χ4n) is 2.18. The van der Waals surface area contributed by atoms with Gasteiger partial charge in [-0.05, 0) is 12.1 Å². The number of β-amino-alcohol motifs (C(OH)–C–C–N with tert-alkyl or cyclic N) is 2. The minimum absolute atomic E-state index is 0.000503. The van der Waals surface area contributed by atoms with Crippen LogP contribution in [0.15, 0.2) is 29.2 Å². The number of rotatable bonds is 3. The van der Waals surface area contributed by atoms with Crippen LogP contribution < -0.4 is 0 Å². The third-order valence-electron chi connectivity index (χ3n) is 3.38. The molecule has 1 amide bonds. The molecular formula is C13H17NO5S. The van der Waals surface area contributed by atoms with Gasteiger partial charge in [0, 0.05) is 13.1 Å². The maximum Gasteiger partial charge on any atom is 0.255 e. The van der Waals surface area contributed by atoms with E-state index >= 15 is 0 Å². The van der Waals surface area contributed by atoms with Gasteiger partial charge in [-0.1, -0.05) is 19.1 Å². The highest BCUT2D eigenvalue weighted by Crippen LogP contribution is 2.21. The summed E-state index contributed by atoms with van der Waals surface area (Å²) in [4.78, 5) is 13.6. The lowest BCUT2D eigenvalue weighted by Crippen LogP contribution is -2.31. The summed E-state index contributed by atoms with van der Waals surface area (Å²) in [6, 6.07) is 5.99. The summed E-state index contributed by atoms with van der Waals surface area (Å²) in [5, 5.41) is 19.0. The Labute approximate surface area is 117 Å². The van der Waals surface area contributed by atoms with Crippen molar-refractivity contribution in [3.05, 3.63) is 29.8 Å². The first-order valence-electron chi connectivity index (χ1n) is 6.34. The van der Waals surface area contributed by atoms with Crippen LogP contribution in [0.25, 0.3) is 0 Å². The lowest BCUT2D eigenvalue weighted by Gasteiger charge is -2.17. The predicted molar refractivity (Wildman–Crippen MR) is 72.1 cm³/mol. The first kappa shape index (κ1) is 15.0. The molecule has 0 saturated carbocycles. The molecule has 0 aromatic heterocycles. The Kier molecular flexibility index (Phi) is 4.12. The first-order valence-corrected chi connectivity index (χ1v) is 7.99. The number of hydrogen-bond donors (Lipinski definition) is 2. The summed E-state index contributed by atoms with van der Waals surface area (Å²) in [7, 11) is -3.50. The Morgan fingerprint density at radius 1 is 1.25 bits per heavy atom. The number of likely N-dealkylation sites (tertiary alicyclic amines) is 1. The summed E-state index contributed by atoms with van der Waals surface area (Å²) in [6.07, 6.45) is -1.98. The van der Waals surface area contributed by atoms with E-state index in [2.05, 4.69) is 0 Å². The van der Waals surface area contributed by atoms with Crippen molar-refractivity contribution < 1.29 is 23.4 Å². The maximum absolute atomic E-state index is 12.4. The van der Waals surface area contributed by atoms with Gasteiger partial charge in [-0.15, -0.1) is 0 Å². The number of hydrogen-bond acceptors (Lipinski definition) is 5. The van der Waals surface area contributed by atoms with Crippen LogP contribution in [0.5, 0.6) is 0 Å². The molecule has 110 valence electrons. The minimum atomic E-state index is -3.50. The largest absolute Gasteiger partial charge is 0.388 e. The molecule has 1 saturated heterocycles. The van der Waals surface area contributed by atoms with Gasteiger partial charge in [-0.25, -0.2) is 8.42 Å². The molecule has 2 atom stereocenters. The van der Waals surface area contributed by atoms with E-state index in [1.54, 1.807) is 12.1 Å². The van der Waals surface area contributed by atoms with E-state index in [9.17, 15) is 23.4 Å². The van der Waals surface area contributed by atoms with Crippen LogP contribution in [0.2, 0.25) is 0 Å². The summed E-state index contributed by atoms with van der Waals surface area (Å²) in [5.74, 6) is -0.587. The normalized spacial score (nSPS) is 23.1. The number of benzene rings is 1. The molecule has 0 unspecified atom stereocenters. The molecular weight excluding hydrogens is 282 g/mol. The first-order chi connectivity index (χ1) is 9.36. The summed E-state index contributed by atoms with van der Waals surface area (Å²) < 4.78 is 24.0. The van der Waals surface area contributed by atoms with Gasteiger partial charge in [-0.3, -0.25) is 4.79 Å². The molecule has 1 heterocycles. The molecule has 0 bridgehead atoms. The monoisotopic (exact) mass is 299 g/mol. The molecule has 1 fully saturated rings. The molecule has 0 spiro atoms. The Hall–Kier alpha value is -1.44. The second-order valence-electron chi connectivity index (χ2n) is 4.74. The number of aliphatic hydroxyl groups excluding tert-OH is 2. The predicted octanol–water partition coefficient (Wildman–Crippen LogP) is -0.342. The number of sulfone groups is 1. The molecule has 2 N–H and O–H groups in total. The second-order valence-corrected chi connectivity index (χ2v) is 6.99. The van der Waals surface area contributed by atoms with Crippen LogP contribution in [0, 0.1) is 0 Å². The molecule has 1 aromatic carbocycles. The van der Waals surface area contributed by atoms with E-state index in [4.69, 9.17) is 0 Å². The topological polar surface area (TPSA) is 94.9 Å². The SMILES string of the molecule is CCS(=O)(=O)c1ccccc1C(=O)N1C[C@@H](O)[C@@H](O)C1. The highest BCUT2D eigenvalue weighted by molar-refractivity contribution is 7.91. The Balaban J connectivity index is 2.37. The molecule has 2 rings (SSSR count). The van der Waals surface area contributed by atoms with Crippen LogP contribution in [0.3, 0.4) is 0 Å². The van der Waals surface area contributed by atoms with Crippen molar-refractivity contribution in [3.63, 3.8) is 0 Å². The maximum atomic E-state index is 12.4. The lowest BCUT2D eigenvalue weighted by atomic mass is 10.2. The van der Waals surface area contributed by atoms with E-state index in [1.807, 2.05) is 0 Å². The minimum Gasteiger partial charge on any atom is -0.388 e. The number of nitrogens with zero attached hydrogens (tertiary/aromatic N) is 1. The third kappa shape index (κ3) is 2.70.